The number of hydrogen-bond acceptors (Lipinski definition) is 7. The Bertz CT molecular complexity index is 1070. The zero-order valence-corrected chi connectivity index (χ0v) is 18.6. The van der Waals surface area contributed by atoms with Crippen LogP contribution in [0.4, 0.5) is 18.3 Å². The molecule has 170 valence electrons. The number of fused-ring (bicyclic) bond motifs is 1. The molecule has 0 aliphatic heterocycles. The number of halogens is 3. The first-order chi connectivity index (χ1) is 14.6. The van der Waals surface area contributed by atoms with Crippen molar-refractivity contribution < 1.29 is 23.2 Å². The molecule has 0 aliphatic carbocycles. The molecule has 0 aliphatic rings. The van der Waals surface area contributed by atoms with Crippen molar-refractivity contribution in [3.8, 4) is 10.4 Å². The van der Waals surface area contributed by atoms with Crippen LogP contribution in [0.25, 0.3) is 16.1 Å². The molecule has 3 aromatic heterocycles. The summed E-state index contributed by atoms with van der Waals surface area (Å²) in [6.45, 7) is 8.84. The van der Waals surface area contributed by atoms with Gasteiger partial charge in [-0.3, -0.25) is 4.79 Å². The third kappa shape index (κ3) is 5.02. The van der Waals surface area contributed by atoms with E-state index in [1.165, 1.54) is 6.92 Å². The summed E-state index contributed by atoms with van der Waals surface area (Å²) in [6, 6.07) is 1.93. The maximum absolute atomic E-state index is 13.7. The average Bonchev–Trinajstić information content (AvgIpc) is 3.23. The zero-order valence-electron chi connectivity index (χ0n) is 17.8. The van der Waals surface area contributed by atoms with Crippen LogP contribution in [0.3, 0.4) is 0 Å². The van der Waals surface area contributed by atoms with Crippen LogP contribution in [0.15, 0.2) is 6.07 Å². The molecule has 1 amide bonds. The molecule has 0 fully saturated rings. The van der Waals surface area contributed by atoms with Gasteiger partial charge >= 0.3 is 6.18 Å². The van der Waals surface area contributed by atoms with Crippen molar-refractivity contribution in [2.24, 2.45) is 5.90 Å². The minimum atomic E-state index is -4.68. The summed E-state index contributed by atoms with van der Waals surface area (Å²) in [5, 5.41) is 13.3. The average molecular weight is 459 g/mol. The first-order valence-electron chi connectivity index (χ1n) is 9.55. The monoisotopic (exact) mass is 458 g/mol. The Morgan fingerprint density at radius 3 is 2.39 bits per heavy atom. The molecule has 4 N–H and O–H groups in total. The summed E-state index contributed by atoms with van der Waals surface area (Å²) in [5.41, 5.74) is 1.68. The maximum Gasteiger partial charge on any atom is 0.434 e. The quantitative estimate of drug-likeness (QED) is 0.478. The number of hydrogen-bond donors (Lipinski definition) is 3. The van der Waals surface area contributed by atoms with Crippen molar-refractivity contribution in [1.29, 1.82) is 0 Å². The highest BCUT2D eigenvalue weighted by molar-refractivity contribution is 7.19. The predicted octanol–water partition coefficient (Wildman–Crippen LogP) is 4.68. The molecule has 0 saturated heterocycles. The Morgan fingerprint density at radius 1 is 1.26 bits per heavy atom. The molecular weight excluding hydrogens is 433 g/mol. The SMILES string of the molecule is CCC(CC)c1cc(C)nc2c(-c3sc(NC(C)=O)nc3C(F)(F)F)c(C)nn12.NO. The molecule has 31 heavy (non-hydrogen) atoms. The van der Waals surface area contributed by atoms with Crippen molar-refractivity contribution in [2.75, 3.05) is 5.32 Å². The molecule has 3 heterocycles. The van der Waals surface area contributed by atoms with Crippen molar-refractivity contribution in [3.63, 3.8) is 0 Å². The number of thiazole rings is 1. The van der Waals surface area contributed by atoms with E-state index < -0.39 is 17.8 Å². The Balaban J connectivity index is 0.00000166. The number of nitrogens with zero attached hydrogens (tertiary/aromatic N) is 4. The topological polar surface area (TPSA) is 118 Å². The summed E-state index contributed by atoms with van der Waals surface area (Å²) in [4.78, 5) is 19.4. The molecule has 0 unspecified atom stereocenters. The van der Waals surface area contributed by atoms with Gasteiger partial charge in [-0.1, -0.05) is 25.2 Å². The number of nitrogens with two attached hydrogens (primary N) is 1. The number of aromatic nitrogens is 4. The second kappa shape index (κ2) is 9.71. The number of aryl methyl sites for hydroxylation is 2. The van der Waals surface area contributed by atoms with Gasteiger partial charge in [-0.15, -0.1) is 0 Å². The predicted molar refractivity (Wildman–Crippen MR) is 112 cm³/mol. The molecular formula is C19H25F3N6O2S. The Morgan fingerprint density at radius 2 is 1.87 bits per heavy atom. The molecule has 0 spiro atoms. The van der Waals surface area contributed by atoms with Crippen molar-refractivity contribution in [2.45, 2.75) is 59.6 Å². The van der Waals surface area contributed by atoms with E-state index in [0.29, 0.717) is 22.6 Å². The van der Waals surface area contributed by atoms with E-state index in [9.17, 15) is 18.0 Å². The van der Waals surface area contributed by atoms with Crippen LogP contribution in [0, 0.1) is 13.8 Å². The Labute approximate surface area is 181 Å². The first kappa shape index (κ1) is 24.7. The fourth-order valence-corrected chi connectivity index (χ4v) is 4.55. The number of carbonyl (C=O) groups excluding carboxylic acids is 1. The number of rotatable bonds is 5. The van der Waals surface area contributed by atoms with Gasteiger partial charge in [-0.25, -0.2) is 20.4 Å². The Hall–Kier alpha value is -2.57. The van der Waals surface area contributed by atoms with Gasteiger partial charge in [0.15, 0.2) is 16.5 Å². The summed E-state index contributed by atoms with van der Waals surface area (Å²) in [6.07, 6.45) is -2.92. The van der Waals surface area contributed by atoms with Gasteiger partial charge in [0.1, 0.15) is 0 Å². The summed E-state index contributed by atoms with van der Waals surface area (Å²) in [5.74, 6) is 3.23. The third-order valence-electron chi connectivity index (χ3n) is 4.73. The van der Waals surface area contributed by atoms with E-state index in [1.807, 2.05) is 13.0 Å². The van der Waals surface area contributed by atoms with Crippen LogP contribution >= 0.6 is 11.3 Å². The van der Waals surface area contributed by atoms with Gasteiger partial charge in [0.05, 0.1) is 16.1 Å². The van der Waals surface area contributed by atoms with Crippen molar-refractivity contribution in [1.82, 2.24) is 19.6 Å². The normalized spacial score (nSPS) is 11.6. The number of nitrogens with one attached hydrogen (secondary N) is 1. The Kier molecular flexibility index (Phi) is 7.73. The molecule has 12 heteroatoms. The van der Waals surface area contributed by atoms with Crippen LogP contribution in [-0.2, 0) is 11.0 Å². The van der Waals surface area contributed by atoms with E-state index in [1.54, 1.807) is 11.4 Å². The lowest BCUT2D eigenvalue weighted by Gasteiger charge is -2.15. The number of alkyl halides is 3. The van der Waals surface area contributed by atoms with Gasteiger partial charge < -0.3 is 10.5 Å². The lowest BCUT2D eigenvalue weighted by Crippen LogP contribution is -2.09. The van der Waals surface area contributed by atoms with Crippen LogP contribution in [0.2, 0.25) is 0 Å². The summed E-state index contributed by atoms with van der Waals surface area (Å²) in [7, 11) is 0. The zero-order chi connectivity index (χ0) is 23.5. The largest absolute Gasteiger partial charge is 0.434 e. The molecule has 8 nitrogen and oxygen atoms in total. The smallest absolute Gasteiger partial charge is 0.320 e. The molecule has 0 radical (unpaired) electrons. The fraction of sp³-hybridized carbons (Fsp3) is 0.474. The van der Waals surface area contributed by atoms with Gasteiger partial charge in [-0.05, 0) is 32.8 Å². The van der Waals surface area contributed by atoms with Gasteiger partial charge in [-0.2, -0.15) is 18.3 Å². The van der Waals surface area contributed by atoms with Crippen LogP contribution < -0.4 is 11.2 Å². The lowest BCUT2D eigenvalue weighted by atomic mass is 9.98. The number of anilines is 1. The third-order valence-corrected chi connectivity index (χ3v) is 5.72. The molecule has 3 rings (SSSR count). The number of amides is 1. The van der Waals surface area contributed by atoms with E-state index in [2.05, 4.69) is 40.1 Å². The summed E-state index contributed by atoms with van der Waals surface area (Å²) >= 11 is 0.777. The van der Waals surface area contributed by atoms with Crippen LogP contribution in [0.1, 0.15) is 62.3 Å². The highest BCUT2D eigenvalue weighted by Crippen LogP contribution is 2.44. The second-order valence-corrected chi connectivity index (χ2v) is 7.91. The lowest BCUT2D eigenvalue weighted by molar-refractivity contribution is -0.140. The first-order valence-corrected chi connectivity index (χ1v) is 10.4. The van der Waals surface area contributed by atoms with Crippen molar-refractivity contribution >= 4 is 28.0 Å². The van der Waals surface area contributed by atoms with Gasteiger partial charge in [0.25, 0.3) is 0 Å². The molecule has 0 atom stereocenters. The van der Waals surface area contributed by atoms with E-state index in [-0.39, 0.29) is 15.9 Å². The molecule has 0 saturated carbocycles. The maximum atomic E-state index is 13.7. The van der Waals surface area contributed by atoms with Crippen molar-refractivity contribution in [3.05, 3.63) is 28.8 Å². The van der Waals surface area contributed by atoms with Crippen LogP contribution in [-0.4, -0.2) is 30.7 Å². The standard InChI is InChI=1S/C19H22F3N5OS.H3NO/c1-6-12(7-2)13-8-9(3)23-17-14(10(4)26-27(13)17)15-16(19(20,21)22)25-18(29-15)24-11(5)28;1-2/h8,12H,6-7H2,1-5H3,(H,24,25,28);2H,1H2. The molecule has 3 aromatic rings. The van der Waals surface area contributed by atoms with E-state index >= 15 is 0 Å². The highest BCUT2D eigenvalue weighted by Gasteiger charge is 2.39. The van der Waals surface area contributed by atoms with Crippen LogP contribution in [0.5, 0.6) is 0 Å². The van der Waals surface area contributed by atoms with E-state index in [0.717, 1.165) is 29.9 Å². The fourth-order valence-electron chi connectivity index (χ4n) is 3.42. The minimum absolute atomic E-state index is 0.0950. The highest BCUT2D eigenvalue weighted by atomic mass is 32.1. The van der Waals surface area contributed by atoms with Gasteiger partial charge in [0.2, 0.25) is 5.91 Å². The van der Waals surface area contributed by atoms with Gasteiger partial charge in [0, 0.05) is 24.2 Å². The second-order valence-electron chi connectivity index (χ2n) is 6.91. The summed E-state index contributed by atoms with van der Waals surface area (Å²) < 4.78 is 42.8. The minimum Gasteiger partial charge on any atom is -0.320 e. The molecule has 0 bridgehead atoms. The molecule has 0 aromatic carbocycles. The van der Waals surface area contributed by atoms with E-state index in [4.69, 9.17) is 5.21 Å². The number of carbonyl (C=O) groups is 1.